The maximum Gasteiger partial charge on any atom is 0.253 e. The number of hydrogen-bond donors (Lipinski definition) is 0. The number of anilines is 1. The molecule has 1 aromatic rings. The number of carbonyl (C=O) groups excluding carboxylic acids is 1. The van der Waals surface area contributed by atoms with E-state index >= 15 is 0 Å². The lowest BCUT2D eigenvalue weighted by Crippen LogP contribution is -2.38. The number of thioether (sulfide) groups is 1. The van der Waals surface area contributed by atoms with Crippen LogP contribution in [-0.2, 0) is 14.6 Å². The Kier molecular flexibility index (Phi) is 5.05. The van der Waals surface area contributed by atoms with Crippen LogP contribution in [0.5, 0.6) is 5.75 Å². The van der Waals surface area contributed by atoms with Crippen LogP contribution < -0.4 is 9.64 Å². The van der Waals surface area contributed by atoms with Gasteiger partial charge in [-0.25, -0.2) is 8.42 Å². The molecule has 0 bridgehead atoms. The second-order valence-electron chi connectivity index (χ2n) is 7.44. The maximum absolute atomic E-state index is 12.4. The molecular weight excluding hydrogens is 396 g/mol. The molecule has 26 heavy (non-hydrogen) atoms. The number of fused-ring (bicyclic) bond motifs is 1. The number of hydrogen-bond acceptors (Lipinski definition) is 5. The minimum atomic E-state index is -3.11. The Hall–Kier alpha value is -1.25. The average molecular weight is 417 g/mol. The largest absolute Gasteiger partial charge is 0.495 e. The Labute approximate surface area is 162 Å². The predicted molar refractivity (Wildman–Crippen MR) is 106 cm³/mol. The van der Waals surface area contributed by atoms with Crippen molar-refractivity contribution < 1.29 is 17.9 Å². The second kappa shape index (κ2) is 6.73. The van der Waals surface area contributed by atoms with Gasteiger partial charge in [0, 0.05) is 16.4 Å². The summed E-state index contributed by atoms with van der Waals surface area (Å²) < 4.78 is 29.3. The Morgan fingerprint density at radius 3 is 2.62 bits per heavy atom. The lowest BCUT2D eigenvalue weighted by molar-refractivity contribution is -0.124. The molecule has 0 aliphatic carbocycles. The Bertz CT molecular complexity index is 877. The van der Waals surface area contributed by atoms with Gasteiger partial charge in [0.05, 0.1) is 29.7 Å². The normalized spacial score (nSPS) is 26.2. The van der Waals surface area contributed by atoms with Crippen molar-refractivity contribution in [3.8, 4) is 5.75 Å². The second-order valence-corrected chi connectivity index (χ2v) is 11.2. The van der Waals surface area contributed by atoms with Gasteiger partial charge in [-0.05, 0) is 18.2 Å². The van der Waals surface area contributed by atoms with Gasteiger partial charge in [0.15, 0.2) is 15.0 Å². The van der Waals surface area contributed by atoms with Crippen molar-refractivity contribution in [2.45, 2.75) is 32.1 Å². The molecule has 0 spiro atoms. The molecule has 1 aromatic carbocycles. The van der Waals surface area contributed by atoms with Crippen molar-refractivity contribution in [2.75, 3.05) is 23.5 Å². The highest BCUT2D eigenvalue weighted by Gasteiger charge is 2.49. The maximum atomic E-state index is 12.4. The fourth-order valence-electron chi connectivity index (χ4n) is 2.93. The SMILES string of the molecule is COc1ccc(N2C(=NC(=O)C(C)(C)C)S[C@H]3CS(=O)(=O)C[C@H]32)cc1Cl. The van der Waals surface area contributed by atoms with Crippen LogP contribution in [0.4, 0.5) is 5.69 Å². The van der Waals surface area contributed by atoms with Gasteiger partial charge < -0.3 is 9.64 Å². The minimum absolute atomic E-state index is 0.0387. The monoisotopic (exact) mass is 416 g/mol. The summed E-state index contributed by atoms with van der Waals surface area (Å²) >= 11 is 7.60. The van der Waals surface area contributed by atoms with Crippen LogP contribution in [0, 0.1) is 5.41 Å². The van der Waals surface area contributed by atoms with E-state index in [-0.39, 0.29) is 28.7 Å². The first-order valence-corrected chi connectivity index (χ1v) is 11.2. The summed E-state index contributed by atoms with van der Waals surface area (Å²) in [6.07, 6.45) is 0. The summed E-state index contributed by atoms with van der Waals surface area (Å²) in [6.45, 7) is 5.41. The predicted octanol–water partition coefficient (Wildman–Crippen LogP) is 3.00. The first kappa shape index (κ1) is 19.5. The minimum Gasteiger partial charge on any atom is -0.495 e. The van der Waals surface area contributed by atoms with Crippen molar-refractivity contribution in [1.82, 2.24) is 0 Å². The van der Waals surface area contributed by atoms with Gasteiger partial charge in [-0.15, -0.1) is 0 Å². The Morgan fingerprint density at radius 1 is 1.35 bits per heavy atom. The number of sulfone groups is 1. The van der Waals surface area contributed by atoms with Crippen LogP contribution in [0.25, 0.3) is 0 Å². The molecule has 2 aliphatic rings. The molecule has 2 aliphatic heterocycles. The average Bonchev–Trinajstić information content (AvgIpc) is 2.97. The zero-order valence-corrected chi connectivity index (χ0v) is 17.4. The molecule has 2 saturated heterocycles. The third-order valence-corrected chi connectivity index (χ3v) is 7.82. The molecule has 1 amide bonds. The van der Waals surface area contributed by atoms with E-state index in [0.29, 0.717) is 21.6 Å². The summed E-state index contributed by atoms with van der Waals surface area (Å²) in [5.41, 5.74) is 0.0916. The number of nitrogens with zero attached hydrogens (tertiary/aromatic N) is 2. The highest BCUT2D eigenvalue weighted by molar-refractivity contribution is 8.16. The van der Waals surface area contributed by atoms with E-state index in [0.717, 1.165) is 0 Å². The van der Waals surface area contributed by atoms with Gasteiger partial charge >= 0.3 is 0 Å². The van der Waals surface area contributed by atoms with Gasteiger partial charge in [-0.2, -0.15) is 4.99 Å². The molecule has 142 valence electrons. The third-order valence-electron chi connectivity index (χ3n) is 4.32. The molecule has 2 heterocycles. The van der Waals surface area contributed by atoms with Gasteiger partial charge in [0.25, 0.3) is 5.91 Å². The van der Waals surface area contributed by atoms with Crippen LogP contribution in [0.3, 0.4) is 0 Å². The van der Waals surface area contributed by atoms with Crippen molar-refractivity contribution in [3.63, 3.8) is 0 Å². The van der Waals surface area contributed by atoms with E-state index in [1.54, 1.807) is 39.0 Å². The lowest BCUT2D eigenvalue weighted by Gasteiger charge is -2.25. The van der Waals surface area contributed by atoms with Crippen LogP contribution in [0.15, 0.2) is 23.2 Å². The van der Waals surface area contributed by atoms with Gasteiger partial charge in [0.1, 0.15) is 5.75 Å². The molecule has 0 aromatic heterocycles. The highest BCUT2D eigenvalue weighted by Crippen LogP contribution is 2.42. The molecular formula is C17H21ClN2O4S2. The van der Waals surface area contributed by atoms with E-state index in [2.05, 4.69) is 4.99 Å². The number of aliphatic imine (C=N–C) groups is 1. The topological polar surface area (TPSA) is 76.0 Å². The van der Waals surface area contributed by atoms with Crippen molar-refractivity contribution >= 4 is 50.0 Å². The molecule has 2 atom stereocenters. The van der Waals surface area contributed by atoms with Crippen molar-refractivity contribution in [2.24, 2.45) is 10.4 Å². The van der Waals surface area contributed by atoms with Crippen LogP contribution in [0.2, 0.25) is 5.02 Å². The first-order valence-electron chi connectivity index (χ1n) is 8.15. The van der Waals surface area contributed by atoms with Crippen LogP contribution >= 0.6 is 23.4 Å². The molecule has 0 radical (unpaired) electrons. The zero-order valence-electron chi connectivity index (χ0n) is 15.0. The number of amides is 1. The zero-order chi connectivity index (χ0) is 19.3. The number of amidine groups is 1. The standard InChI is InChI=1S/C17H21ClN2O4S2/c1-17(2,3)15(21)19-16-20(10-5-6-13(24-4)11(18)7-10)12-8-26(22,23)9-14(12)25-16/h5-7,12,14H,8-9H2,1-4H3/t12-,14+/m1/s1. The van der Waals surface area contributed by atoms with E-state index in [1.807, 2.05) is 4.90 Å². The van der Waals surface area contributed by atoms with Gasteiger partial charge in [0.2, 0.25) is 0 Å². The molecule has 2 fully saturated rings. The van der Waals surface area contributed by atoms with Crippen LogP contribution in [0.1, 0.15) is 20.8 Å². The number of carbonyl (C=O) groups is 1. The molecule has 0 unspecified atom stereocenters. The molecule has 0 N–H and O–H groups in total. The fourth-order valence-corrected chi connectivity index (χ4v) is 7.09. The summed E-state index contributed by atoms with van der Waals surface area (Å²) in [5, 5.41) is 0.796. The third kappa shape index (κ3) is 3.73. The van der Waals surface area contributed by atoms with Crippen molar-refractivity contribution in [1.29, 1.82) is 0 Å². The van der Waals surface area contributed by atoms with Gasteiger partial charge in [-0.3, -0.25) is 4.79 Å². The number of methoxy groups -OCH3 is 1. The molecule has 9 heteroatoms. The smallest absolute Gasteiger partial charge is 0.253 e. The van der Waals surface area contributed by atoms with E-state index in [9.17, 15) is 13.2 Å². The van der Waals surface area contributed by atoms with Crippen molar-refractivity contribution in [3.05, 3.63) is 23.2 Å². The fraction of sp³-hybridized carbons (Fsp3) is 0.529. The van der Waals surface area contributed by atoms with Gasteiger partial charge in [-0.1, -0.05) is 44.1 Å². The summed E-state index contributed by atoms with van der Waals surface area (Å²) in [7, 11) is -1.58. The quantitative estimate of drug-likeness (QED) is 0.737. The van der Waals surface area contributed by atoms with E-state index < -0.39 is 15.3 Å². The molecule has 0 saturated carbocycles. The summed E-state index contributed by atoms with van der Waals surface area (Å²) in [6, 6.07) is 4.98. The number of rotatable bonds is 2. The van der Waals surface area contributed by atoms with Crippen LogP contribution in [-0.4, -0.2) is 49.4 Å². The van der Waals surface area contributed by atoms with E-state index in [1.165, 1.54) is 18.9 Å². The Balaban J connectivity index is 2.04. The van der Waals surface area contributed by atoms with E-state index in [4.69, 9.17) is 16.3 Å². The first-order chi connectivity index (χ1) is 12.0. The lowest BCUT2D eigenvalue weighted by atomic mass is 9.96. The summed E-state index contributed by atoms with van der Waals surface area (Å²) in [4.78, 5) is 18.6. The molecule has 3 rings (SSSR count). The summed E-state index contributed by atoms with van der Waals surface area (Å²) in [5.74, 6) is 0.414. The molecule has 6 nitrogen and oxygen atoms in total. The number of halogens is 1. The Morgan fingerprint density at radius 2 is 2.04 bits per heavy atom. The highest BCUT2D eigenvalue weighted by atomic mass is 35.5. The number of ether oxygens (including phenoxy) is 1. The number of benzene rings is 1.